The lowest BCUT2D eigenvalue weighted by Crippen LogP contribution is -2.42. The zero-order valence-corrected chi connectivity index (χ0v) is 14.8. The third kappa shape index (κ3) is 5.06. The second-order valence-electron chi connectivity index (χ2n) is 6.18. The number of rotatable bonds is 6. The molecule has 1 atom stereocenters. The maximum Gasteiger partial charge on any atom is 0.326 e. The Kier molecular flexibility index (Phi) is 5.93. The predicted octanol–water partition coefficient (Wildman–Crippen LogP) is 1.94. The van der Waals surface area contributed by atoms with Gasteiger partial charge in [0.15, 0.2) is 9.84 Å². The van der Waals surface area contributed by atoms with Gasteiger partial charge in [0.2, 0.25) is 0 Å². The van der Waals surface area contributed by atoms with Gasteiger partial charge >= 0.3 is 5.97 Å². The molecule has 0 bridgehead atoms. The number of carbonyl (C=O) groups excluding carboxylic acids is 1. The van der Waals surface area contributed by atoms with Crippen LogP contribution in [0.25, 0.3) is 0 Å². The molecule has 0 saturated heterocycles. The van der Waals surface area contributed by atoms with Crippen LogP contribution in [-0.2, 0) is 14.6 Å². The molecule has 0 spiro atoms. The molecule has 0 aliphatic carbocycles. The molecule has 0 aliphatic heterocycles. The lowest BCUT2D eigenvalue weighted by molar-refractivity contribution is -0.139. The summed E-state index contributed by atoms with van der Waals surface area (Å²) in [5.41, 5.74) is 1.47. The molecular weight excluding hydrogens is 318 g/mol. The van der Waals surface area contributed by atoms with Gasteiger partial charge in [-0.15, -0.1) is 0 Å². The van der Waals surface area contributed by atoms with Crippen molar-refractivity contribution < 1.29 is 23.1 Å². The van der Waals surface area contributed by atoms with Gasteiger partial charge < -0.3 is 10.4 Å². The Morgan fingerprint density at radius 2 is 1.78 bits per heavy atom. The number of carboxylic acids is 1. The van der Waals surface area contributed by atoms with Crippen molar-refractivity contribution in [2.24, 2.45) is 5.92 Å². The van der Waals surface area contributed by atoms with Gasteiger partial charge in [-0.3, -0.25) is 4.79 Å². The van der Waals surface area contributed by atoms with Crippen LogP contribution in [0.3, 0.4) is 0 Å². The highest BCUT2D eigenvalue weighted by Crippen LogP contribution is 2.20. The second kappa shape index (κ2) is 7.12. The van der Waals surface area contributed by atoms with E-state index in [1.165, 1.54) is 12.1 Å². The molecule has 1 unspecified atom stereocenters. The van der Waals surface area contributed by atoms with E-state index >= 15 is 0 Å². The fourth-order valence-electron chi connectivity index (χ4n) is 2.21. The summed E-state index contributed by atoms with van der Waals surface area (Å²) < 4.78 is 23.4. The van der Waals surface area contributed by atoms with E-state index in [0.717, 1.165) is 6.26 Å². The van der Waals surface area contributed by atoms with Crippen molar-refractivity contribution in [2.45, 2.75) is 45.1 Å². The molecule has 0 radical (unpaired) electrons. The molecule has 0 fully saturated rings. The summed E-state index contributed by atoms with van der Waals surface area (Å²) in [4.78, 5) is 23.7. The van der Waals surface area contributed by atoms with Gasteiger partial charge in [0.05, 0.1) is 4.90 Å². The van der Waals surface area contributed by atoms with Crippen LogP contribution >= 0.6 is 0 Å². The molecular formula is C16H23NO5S. The summed E-state index contributed by atoms with van der Waals surface area (Å²) in [5, 5.41) is 11.7. The molecule has 2 N–H and O–H groups in total. The lowest BCUT2D eigenvalue weighted by Gasteiger charge is -2.18. The molecule has 128 valence electrons. The van der Waals surface area contributed by atoms with Crippen molar-refractivity contribution in [3.05, 3.63) is 28.8 Å². The van der Waals surface area contributed by atoms with Gasteiger partial charge in [-0.05, 0) is 49.4 Å². The highest BCUT2D eigenvalue weighted by molar-refractivity contribution is 7.90. The Balaban J connectivity index is 3.21. The van der Waals surface area contributed by atoms with Gasteiger partial charge in [-0.2, -0.15) is 0 Å². The van der Waals surface area contributed by atoms with Gasteiger partial charge in [-0.25, -0.2) is 13.2 Å². The van der Waals surface area contributed by atoms with Crippen molar-refractivity contribution in [2.75, 3.05) is 6.26 Å². The van der Waals surface area contributed by atoms with Crippen molar-refractivity contribution in [3.8, 4) is 0 Å². The number of hydrogen-bond acceptors (Lipinski definition) is 4. The summed E-state index contributed by atoms with van der Waals surface area (Å²) in [5.74, 6) is -1.59. The molecule has 0 saturated carbocycles. The van der Waals surface area contributed by atoms with Gasteiger partial charge in [0, 0.05) is 11.8 Å². The van der Waals surface area contributed by atoms with Crippen molar-refractivity contribution in [3.63, 3.8) is 0 Å². The van der Waals surface area contributed by atoms with E-state index in [0.29, 0.717) is 17.5 Å². The maximum absolute atomic E-state index is 12.4. The van der Waals surface area contributed by atoms with Crippen molar-refractivity contribution in [1.29, 1.82) is 0 Å². The number of aryl methyl sites for hydroxylation is 1. The molecule has 1 aromatic carbocycles. The number of hydrogen-bond donors (Lipinski definition) is 2. The van der Waals surface area contributed by atoms with Crippen LogP contribution in [0, 0.1) is 19.8 Å². The first-order valence-electron chi connectivity index (χ1n) is 7.28. The second-order valence-corrected chi connectivity index (χ2v) is 8.19. The zero-order chi connectivity index (χ0) is 17.9. The van der Waals surface area contributed by atoms with Gasteiger partial charge in [0.1, 0.15) is 6.04 Å². The van der Waals surface area contributed by atoms with Crippen LogP contribution in [0.2, 0.25) is 0 Å². The topological polar surface area (TPSA) is 101 Å². The first kappa shape index (κ1) is 19.2. The molecule has 6 nitrogen and oxygen atoms in total. The number of sulfone groups is 1. The van der Waals surface area contributed by atoms with E-state index in [4.69, 9.17) is 0 Å². The van der Waals surface area contributed by atoms with Gasteiger partial charge in [-0.1, -0.05) is 13.8 Å². The predicted molar refractivity (Wildman–Crippen MR) is 87.4 cm³/mol. The van der Waals surface area contributed by atoms with E-state index in [-0.39, 0.29) is 16.4 Å². The average Bonchev–Trinajstić information content (AvgIpc) is 2.38. The summed E-state index contributed by atoms with van der Waals surface area (Å²) in [6.45, 7) is 7.14. The van der Waals surface area contributed by atoms with E-state index in [1.54, 1.807) is 13.8 Å². The number of benzene rings is 1. The lowest BCUT2D eigenvalue weighted by atomic mass is 10.0. The first-order chi connectivity index (χ1) is 10.4. The van der Waals surface area contributed by atoms with Crippen molar-refractivity contribution in [1.82, 2.24) is 5.32 Å². The Morgan fingerprint density at radius 1 is 1.22 bits per heavy atom. The Labute approximate surface area is 136 Å². The Bertz CT molecular complexity index is 722. The van der Waals surface area contributed by atoms with Crippen LogP contribution in [0.5, 0.6) is 0 Å². The third-order valence-electron chi connectivity index (χ3n) is 3.62. The normalized spacial score (nSPS) is 13.0. The van der Waals surface area contributed by atoms with E-state index < -0.39 is 27.8 Å². The Morgan fingerprint density at radius 3 is 2.22 bits per heavy atom. The van der Waals surface area contributed by atoms with Gasteiger partial charge in [0.25, 0.3) is 5.91 Å². The number of aliphatic carboxylic acids is 1. The molecule has 0 aliphatic rings. The molecule has 0 heterocycles. The molecule has 23 heavy (non-hydrogen) atoms. The summed E-state index contributed by atoms with van der Waals surface area (Å²) in [7, 11) is -3.46. The number of carboxylic acid groups (broad SMARTS) is 1. The minimum atomic E-state index is -3.46. The highest BCUT2D eigenvalue weighted by Gasteiger charge is 2.24. The smallest absolute Gasteiger partial charge is 0.326 e. The highest BCUT2D eigenvalue weighted by atomic mass is 32.2. The minimum Gasteiger partial charge on any atom is -0.480 e. The summed E-state index contributed by atoms with van der Waals surface area (Å²) >= 11 is 0. The molecule has 1 amide bonds. The van der Waals surface area contributed by atoms with Crippen LogP contribution in [0.1, 0.15) is 41.8 Å². The number of nitrogens with one attached hydrogen (secondary N) is 1. The maximum atomic E-state index is 12.4. The largest absolute Gasteiger partial charge is 0.480 e. The quantitative estimate of drug-likeness (QED) is 0.823. The summed E-state index contributed by atoms with van der Waals surface area (Å²) in [6, 6.07) is 1.79. The first-order valence-corrected chi connectivity index (χ1v) is 9.17. The molecule has 1 aromatic rings. The minimum absolute atomic E-state index is 0.0430. The van der Waals surface area contributed by atoms with Crippen LogP contribution in [0.15, 0.2) is 17.0 Å². The molecule has 0 aromatic heterocycles. The number of amides is 1. The van der Waals surface area contributed by atoms with E-state index in [2.05, 4.69) is 5.32 Å². The third-order valence-corrected chi connectivity index (χ3v) is 4.72. The molecule has 1 rings (SSSR count). The fourth-order valence-corrected chi connectivity index (χ4v) is 2.93. The summed E-state index contributed by atoms with van der Waals surface area (Å²) in [6.07, 6.45) is 1.36. The van der Waals surface area contributed by atoms with E-state index in [1.807, 2.05) is 13.8 Å². The molecule has 7 heteroatoms. The monoisotopic (exact) mass is 341 g/mol. The van der Waals surface area contributed by atoms with Crippen LogP contribution in [-0.4, -0.2) is 37.7 Å². The standard InChI is InChI=1S/C16H23NO5S/c1-9(2)6-14(16(19)20)17-15(18)13-8-12(23(5,21)22)7-10(3)11(13)4/h7-9,14H,6H2,1-5H3,(H,17,18)(H,19,20). The van der Waals surface area contributed by atoms with Crippen LogP contribution in [0.4, 0.5) is 0 Å². The zero-order valence-electron chi connectivity index (χ0n) is 14.0. The average molecular weight is 341 g/mol. The Hall–Kier alpha value is -1.89. The number of carbonyl (C=O) groups is 2. The van der Waals surface area contributed by atoms with E-state index in [9.17, 15) is 23.1 Å². The van der Waals surface area contributed by atoms with Crippen LogP contribution < -0.4 is 5.32 Å². The van der Waals surface area contributed by atoms with Crippen molar-refractivity contribution >= 4 is 21.7 Å². The SMILES string of the molecule is Cc1cc(S(C)(=O)=O)cc(C(=O)NC(CC(C)C)C(=O)O)c1C. The fraction of sp³-hybridized carbons (Fsp3) is 0.500.